The normalized spacial score (nSPS) is 12.0. The van der Waals surface area contributed by atoms with Gasteiger partial charge < -0.3 is 16.4 Å². The van der Waals surface area contributed by atoms with Crippen molar-refractivity contribution in [3.63, 3.8) is 0 Å². The van der Waals surface area contributed by atoms with E-state index in [1.807, 2.05) is 71.6 Å². The third kappa shape index (κ3) is 5.99. The number of nitrogens with zero attached hydrogens (tertiary/aromatic N) is 3. The van der Waals surface area contributed by atoms with E-state index in [0.29, 0.717) is 25.6 Å². The third-order valence-corrected chi connectivity index (χ3v) is 4.25. The highest BCUT2D eigenvalue weighted by molar-refractivity contribution is 5.93. The van der Waals surface area contributed by atoms with Gasteiger partial charge in [0.1, 0.15) is 0 Å². The maximum atomic E-state index is 6.30. The summed E-state index contributed by atoms with van der Waals surface area (Å²) in [4.78, 5) is 10.7. The first-order chi connectivity index (χ1) is 13.7. The zero-order valence-electron chi connectivity index (χ0n) is 15.8. The smallest absolute Gasteiger partial charge is 0.218 e. The van der Waals surface area contributed by atoms with Crippen LogP contribution in [0.2, 0.25) is 0 Å². The summed E-state index contributed by atoms with van der Waals surface area (Å²) >= 11 is 0. The van der Waals surface area contributed by atoms with Crippen LogP contribution in [0.25, 0.3) is 0 Å². The van der Waals surface area contributed by atoms with Crippen LogP contribution in [0.5, 0.6) is 0 Å². The Morgan fingerprint density at radius 2 is 1.07 bits per heavy atom. The lowest BCUT2D eigenvalue weighted by Gasteiger charge is -2.24. The zero-order chi connectivity index (χ0) is 19.6. The molecule has 142 valence electrons. The molecule has 0 fully saturated rings. The summed E-state index contributed by atoms with van der Waals surface area (Å²) in [6.07, 6.45) is 0. The number of guanidine groups is 2. The molecule has 0 aliphatic heterocycles. The van der Waals surface area contributed by atoms with Crippen LogP contribution in [0.15, 0.2) is 101 Å². The van der Waals surface area contributed by atoms with E-state index in [2.05, 4.69) is 34.3 Å². The van der Waals surface area contributed by atoms with Gasteiger partial charge in [-0.05, 0) is 16.7 Å². The largest absolute Gasteiger partial charge is 0.369 e. The molecule has 0 unspecified atom stereocenters. The molecule has 28 heavy (non-hydrogen) atoms. The van der Waals surface area contributed by atoms with Gasteiger partial charge in [0.25, 0.3) is 0 Å². The van der Waals surface area contributed by atoms with Crippen LogP contribution in [0.4, 0.5) is 0 Å². The van der Waals surface area contributed by atoms with Crippen molar-refractivity contribution in [2.75, 3.05) is 0 Å². The molecular formula is C23H25N5. The van der Waals surface area contributed by atoms with Gasteiger partial charge in [-0.2, -0.15) is 4.99 Å². The summed E-state index contributed by atoms with van der Waals surface area (Å²) in [6.45, 7) is 1.74. The minimum absolute atomic E-state index is 0.174. The van der Waals surface area contributed by atoms with Crippen molar-refractivity contribution in [2.45, 2.75) is 19.6 Å². The van der Waals surface area contributed by atoms with Crippen molar-refractivity contribution in [3.05, 3.63) is 108 Å². The van der Waals surface area contributed by atoms with Gasteiger partial charge in [0.05, 0.1) is 6.54 Å². The maximum Gasteiger partial charge on any atom is 0.218 e. The van der Waals surface area contributed by atoms with Crippen LogP contribution in [0.1, 0.15) is 16.7 Å². The number of benzene rings is 3. The topological polar surface area (TPSA) is 80.0 Å². The summed E-state index contributed by atoms with van der Waals surface area (Å²) in [6, 6.07) is 30.2. The molecule has 0 atom stereocenters. The quantitative estimate of drug-likeness (QED) is 0.514. The number of hydrogen-bond acceptors (Lipinski definition) is 1. The van der Waals surface area contributed by atoms with Crippen molar-refractivity contribution in [1.82, 2.24) is 4.90 Å². The monoisotopic (exact) mass is 371 g/mol. The van der Waals surface area contributed by atoms with Gasteiger partial charge in [-0.1, -0.05) is 91.0 Å². The molecule has 0 aromatic heterocycles. The predicted octanol–water partition coefficient (Wildman–Crippen LogP) is 3.52. The average molecular weight is 371 g/mol. The lowest BCUT2D eigenvalue weighted by Crippen LogP contribution is -2.37. The Labute approximate surface area is 166 Å². The lowest BCUT2D eigenvalue weighted by atomic mass is 10.2. The van der Waals surface area contributed by atoms with Crippen LogP contribution < -0.4 is 11.5 Å². The molecule has 0 aliphatic rings. The van der Waals surface area contributed by atoms with Crippen LogP contribution >= 0.6 is 0 Å². The van der Waals surface area contributed by atoms with Gasteiger partial charge in [0, 0.05) is 13.1 Å². The van der Waals surface area contributed by atoms with Crippen LogP contribution in [0.3, 0.4) is 0 Å². The number of aliphatic imine (C=N–C) groups is 2. The van der Waals surface area contributed by atoms with Gasteiger partial charge in [-0.25, -0.2) is 4.99 Å². The highest BCUT2D eigenvalue weighted by atomic mass is 15.3. The average Bonchev–Trinajstić information content (AvgIpc) is 2.74. The number of hydrogen-bond donors (Lipinski definition) is 2. The maximum absolute atomic E-state index is 6.30. The molecule has 0 radical (unpaired) electrons. The van der Waals surface area contributed by atoms with E-state index in [9.17, 15) is 0 Å². The summed E-state index contributed by atoms with van der Waals surface area (Å²) in [5, 5.41) is 0. The second-order valence-corrected chi connectivity index (χ2v) is 6.46. The van der Waals surface area contributed by atoms with Crippen molar-refractivity contribution in [2.24, 2.45) is 21.5 Å². The van der Waals surface area contributed by atoms with Crippen LogP contribution in [0, 0.1) is 0 Å². The van der Waals surface area contributed by atoms with Crippen molar-refractivity contribution in [1.29, 1.82) is 0 Å². The first-order valence-electron chi connectivity index (χ1n) is 9.21. The Kier molecular flexibility index (Phi) is 6.79. The minimum atomic E-state index is 0.174. The Balaban J connectivity index is 1.76. The first kappa shape index (κ1) is 19.2. The van der Waals surface area contributed by atoms with Crippen molar-refractivity contribution in [3.8, 4) is 0 Å². The van der Waals surface area contributed by atoms with Gasteiger partial charge in [0.2, 0.25) is 5.96 Å². The van der Waals surface area contributed by atoms with Crippen LogP contribution in [-0.2, 0) is 19.6 Å². The Morgan fingerprint density at radius 1 is 0.643 bits per heavy atom. The molecule has 0 amide bonds. The van der Waals surface area contributed by atoms with E-state index in [1.165, 1.54) is 0 Å². The van der Waals surface area contributed by atoms with Crippen LogP contribution in [-0.4, -0.2) is 16.8 Å². The Hall–Kier alpha value is -3.60. The van der Waals surface area contributed by atoms with Crippen molar-refractivity contribution >= 4 is 11.9 Å². The second kappa shape index (κ2) is 9.92. The van der Waals surface area contributed by atoms with E-state index in [0.717, 1.165) is 16.7 Å². The number of rotatable bonds is 6. The molecule has 0 bridgehead atoms. The fourth-order valence-electron chi connectivity index (χ4n) is 2.80. The van der Waals surface area contributed by atoms with Crippen molar-refractivity contribution < 1.29 is 0 Å². The lowest BCUT2D eigenvalue weighted by molar-refractivity contribution is 0.402. The SMILES string of the molecule is NC(=NCc1ccccc1)N=C(N)N(Cc1ccccc1)Cc1ccccc1. The fourth-order valence-corrected chi connectivity index (χ4v) is 2.80. The molecular weight excluding hydrogens is 346 g/mol. The molecule has 0 saturated heterocycles. The molecule has 0 aliphatic carbocycles. The number of nitrogens with two attached hydrogens (primary N) is 2. The molecule has 0 saturated carbocycles. The summed E-state index contributed by atoms with van der Waals surface area (Å²) in [5.41, 5.74) is 15.7. The van der Waals surface area contributed by atoms with Gasteiger partial charge in [0.15, 0.2) is 5.96 Å². The van der Waals surface area contributed by atoms with Gasteiger partial charge >= 0.3 is 0 Å². The van der Waals surface area contributed by atoms with E-state index in [4.69, 9.17) is 11.5 Å². The minimum Gasteiger partial charge on any atom is -0.369 e. The highest BCUT2D eigenvalue weighted by Gasteiger charge is 2.10. The van der Waals surface area contributed by atoms with E-state index in [-0.39, 0.29) is 5.96 Å². The van der Waals surface area contributed by atoms with E-state index >= 15 is 0 Å². The molecule has 4 N–H and O–H groups in total. The Bertz CT molecular complexity index is 864. The summed E-state index contributed by atoms with van der Waals surface area (Å²) in [7, 11) is 0. The zero-order valence-corrected chi connectivity index (χ0v) is 15.8. The van der Waals surface area contributed by atoms with Gasteiger partial charge in [-0.3, -0.25) is 0 Å². The first-order valence-corrected chi connectivity index (χ1v) is 9.21. The molecule has 0 spiro atoms. The summed E-state index contributed by atoms with van der Waals surface area (Å²) in [5.74, 6) is 0.523. The fraction of sp³-hybridized carbons (Fsp3) is 0.130. The Morgan fingerprint density at radius 3 is 1.54 bits per heavy atom. The highest BCUT2D eigenvalue weighted by Crippen LogP contribution is 2.10. The molecule has 5 nitrogen and oxygen atoms in total. The molecule has 3 rings (SSSR count). The van der Waals surface area contributed by atoms with E-state index < -0.39 is 0 Å². The third-order valence-electron chi connectivity index (χ3n) is 4.25. The van der Waals surface area contributed by atoms with Gasteiger partial charge in [-0.15, -0.1) is 0 Å². The standard InChI is InChI=1S/C23H25N5/c24-22(26-16-19-10-4-1-5-11-19)27-23(25)28(17-20-12-6-2-7-13-20)18-21-14-8-3-9-15-21/h1-15H,16-18H2,(H4,24,25,26,27). The molecule has 3 aromatic rings. The second-order valence-electron chi connectivity index (χ2n) is 6.46. The molecule has 0 heterocycles. The predicted molar refractivity (Wildman–Crippen MR) is 116 cm³/mol. The molecule has 5 heteroatoms. The van der Waals surface area contributed by atoms with E-state index in [1.54, 1.807) is 0 Å². The summed E-state index contributed by atoms with van der Waals surface area (Å²) < 4.78 is 0. The molecule has 3 aromatic carbocycles.